The minimum absolute atomic E-state index is 0.131. The minimum Gasteiger partial charge on any atom is -0.457 e. The molecular formula is C14H9BrClFO2. The van der Waals surface area contributed by atoms with Crippen molar-refractivity contribution in [3.05, 3.63) is 68.9 Å². The summed E-state index contributed by atoms with van der Waals surface area (Å²) in [4.78, 5) is 11.9. The molecule has 0 bridgehead atoms. The molecule has 0 aromatic heterocycles. The summed E-state index contributed by atoms with van der Waals surface area (Å²) >= 11 is 9.15. The topological polar surface area (TPSA) is 26.3 Å². The van der Waals surface area contributed by atoms with Crippen molar-refractivity contribution < 1.29 is 13.9 Å². The third kappa shape index (κ3) is 3.55. The Hall–Kier alpha value is -1.39. The Kier molecular flexibility index (Phi) is 4.56. The smallest absolute Gasteiger partial charge is 0.340 e. The normalized spacial score (nSPS) is 10.3. The van der Waals surface area contributed by atoms with Crippen LogP contribution >= 0.6 is 27.5 Å². The highest BCUT2D eigenvalue weighted by Crippen LogP contribution is 2.22. The maximum Gasteiger partial charge on any atom is 0.340 e. The van der Waals surface area contributed by atoms with Crippen LogP contribution in [0.3, 0.4) is 0 Å². The average molecular weight is 344 g/mol. The number of rotatable bonds is 3. The van der Waals surface area contributed by atoms with Gasteiger partial charge >= 0.3 is 5.97 Å². The molecule has 2 nitrogen and oxygen atoms in total. The van der Waals surface area contributed by atoms with Gasteiger partial charge in [0.05, 0.1) is 10.6 Å². The van der Waals surface area contributed by atoms with Crippen molar-refractivity contribution in [1.29, 1.82) is 0 Å². The zero-order chi connectivity index (χ0) is 13.8. The fraction of sp³-hybridized carbons (Fsp3) is 0.0714. The lowest BCUT2D eigenvalue weighted by atomic mass is 10.2. The van der Waals surface area contributed by atoms with Crippen molar-refractivity contribution in [2.75, 3.05) is 0 Å². The second-order valence-corrected chi connectivity index (χ2v) is 5.11. The number of carbonyl (C=O) groups excluding carboxylic acids is 1. The Morgan fingerprint density at radius 2 is 2.00 bits per heavy atom. The Labute approximate surface area is 123 Å². The van der Waals surface area contributed by atoms with Crippen LogP contribution in [0.5, 0.6) is 0 Å². The van der Waals surface area contributed by atoms with E-state index in [0.717, 1.165) is 4.47 Å². The van der Waals surface area contributed by atoms with Gasteiger partial charge in [-0.25, -0.2) is 9.18 Å². The number of ether oxygens (including phenoxy) is 1. The zero-order valence-corrected chi connectivity index (χ0v) is 12.0. The molecule has 2 rings (SSSR count). The SMILES string of the molecule is O=C(OCc1ccccc1F)c1cc(Br)ccc1Cl. The van der Waals surface area contributed by atoms with Crippen LogP contribution < -0.4 is 0 Å². The summed E-state index contributed by atoms with van der Waals surface area (Å²) in [6.07, 6.45) is 0. The molecule has 0 amide bonds. The Morgan fingerprint density at radius 3 is 2.74 bits per heavy atom. The summed E-state index contributed by atoms with van der Waals surface area (Å²) < 4.78 is 19.1. The average Bonchev–Trinajstić information content (AvgIpc) is 2.40. The third-order valence-corrected chi connectivity index (χ3v) is 3.29. The van der Waals surface area contributed by atoms with E-state index in [1.54, 1.807) is 36.4 Å². The first-order chi connectivity index (χ1) is 9.08. The fourth-order valence-corrected chi connectivity index (χ4v) is 2.05. The van der Waals surface area contributed by atoms with Gasteiger partial charge in [0.2, 0.25) is 0 Å². The van der Waals surface area contributed by atoms with E-state index < -0.39 is 11.8 Å². The van der Waals surface area contributed by atoms with E-state index in [2.05, 4.69) is 15.9 Å². The van der Waals surface area contributed by atoms with Gasteiger partial charge in [0.25, 0.3) is 0 Å². The van der Waals surface area contributed by atoms with Crippen LogP contribution in [-0.4, -0.2) is 5.97 Å². The maximum absolute atomic E-state index is 13.4. The van der Waals surface area contributed by atoms with Crippen molar-refractivity contribution in [2.24, 2.45) is 0 Å². The van der Waals surface area contributed by atoms with Gasteiger partial charge in [-0.1, -0.05) is 45.7 Å². The van der Waals surface area contributed by atoms with E-state index in [-0.39, 0.29) is 12.2 Å². The van der Waals surface area contributed by atoms with E-state index in [1.165, 1.54) is 6.07 Å². The number of esters is 1. The summed E-state index contributed by atoms with van der Waals surface area (Å²) in [5.41, 5.74) is 0.564. The van der Waals surface area contributed by atoms with Gasteiger partial charge in [0.1, 0.15) is 12.4 Å². The molecule has 2 aromatic rings. The molecule has 2 aromatic carbocycles. The molecule has 0 aliphatic rings. The van der Waals surface area contributed by atoms with Gasteiger partial charge in [0.15, 0.2) is 0 Å². The second-order valence-electron chi connectivity index (χ2n) is 3.79. The molecule has 0 fully saturated rings. The summed E-state index contributed by atoms with van der Waals surface area (Å²) in [6.45, 7) is -0.131. The van der Waals surface area contributed by atoms with Gasteiger partial charge in [-0.3, -0.25) is 0 Å². The molecule has 0 heterocycles. The molecule has 0 aliphatic carbocycles. The van der Waals surface area contributed by atoms with Crippen LogP contribution in [0.2, 0.25) is 5.02 Å². The van der Waals surface area contributed by atoms with E-state index >= 15 is 0 Å². The van der Waals surface area contributed by atoms with Gasteiger partial charge in [-0.05, 0) is 24.3 Å². The number of halogens is 3. The Bertz CT molecular complexity index is 616. The highest BCUT2D eigenvalue weighted by atomic mass is 79.9. The molecule has 0 unspecified atom stereocenters. The van der Waals surface area contributed by atoms with Crippen LogP contribution in [0.4, 0.5) is 4.39 Å². The van der Waals surface area contributed by atoms with Gasteiger partial charge in [-0.15, -0.1) is 0 Å². The minimum atomic E-state index is -0.588. The van der Waals surface area contributed by atoms with Crippen molar-refractivity contribution in [2.45, 2.75) is 6.61 Å². The summed E-state index contributed by atoms with van der Waals surface area (Å²) in [7, 11) is 0. The highest BCUT2D eigenvalue weighted by Gasteiger charge is 2.13. The number of hydrogen-bond acceptors (Lipinski definition) is 2. The lowest BCUT2D eigenvalue weighted by molar-refractivity contribution is 0.0469. The van der Waals surface area contributed by atoms with Gasteiger partial charge in [-0.2, -0.15) is 0 Å². The second kappa shape index (κ2) is 6.17. The first-order valence-electron chi connectivity index (χ1n) is 5.43. The number of benzene rings is 2. The standard InChI is InChI=1S/C14H9BrClFO2/c15-10-5-6-12(16)11(7-10)14(18)19-8-9-3-1-2-4-13(9)17/h1-7H,8H2. The van der Waals surface area contributed by atoms with E-state index in [9.17, 15) is 9.18 Å². The van der Waals surface area contributed by atoms with E-state index in [1.807, 2.05) is 0 Å². The van der Waals surface area contributed by atoms with Crippen LogP contribution in [0, 0.1) is 5.82 Å². The largest absolute Gasteiger partial charge is 0.457 e. The van der Waals surface area contributed by atoms with Gasteiger partial charge in [0, 0.05) is 10.0 Å². The molecule has 0 atom stereocenters. The Morgan fingerprint density at radius 1 is 1.26 bits per heavy atom. The quantitative estimate of drug-likeness (QED) is 0.761. The predicted molar refractivity (Wildman–Crippen MR) is 74.7 cm³/mol. The van der Waals surface area contributed by atoms with Crippen LogP contribution in [-0.2, 0) is 11.3 Å². The molecular weight excluding hydrogens is 335 g/mol. The highest BCUT2D eigenvalue weighted by molar-refractivity contribution is 9.10. The molecule has 0 saturated heterocycles. The van der Waals surface area contributed by atoms with E-state index in [4.69, 9.17) is 16.3 Å². The molecule has 98 valence electrons. The van der Waals surface area contributed by atoms with Crippen molar-refractivity contribution >= 4 is 33.5 Å². The maximum atomic E-state index is 13.4. The lowest BCUT2D eigenvalue weighted by Crippen LogP contribution is -2.07. The summed E-state index contributed by atoms with van der Waals surface area (Å²) in [5, 5.41) is 0.293. The van der Waals surface area contributed by atoms with Crippen molar-refractivity contribution in [3.63, 3.8) is 0 Å². The van der Waals surface area contributed by atoms with E-state index in [0.29, 0.717) is 10.6 Å². The first-order valence-corrected chi connectivity index (χ1v) is 6.60. The summed E-state index contributed by atoms with van der Waals surface area (Å²) in [6, 6.07) is 11.0. The molecule has 19 heavy (non-hydrogen) atoms. The Balaban J connectivity index is 2.10. The third-order valence-electron chi connectivity index (χ3n) is 2.46. The first kappa shape index (κ1) is 14.0. The molecule has 5 heteroatoms. The van der Waals surface area contributed by atoms with Crippen molar-refractivity contribution in [3.8, 4) is 0 Å². The number of hydrogen-bond donors (Lipinski definition) is 0. The van der Waals surface area contributed by atoms with Crippen LogP contribution in [0.1, 0.15) is 15.9 Å². The molecule has 0 spiro atoms. The fourth-order valence-electron chi connectivity index (χ4n) is 1.49. The predicted octanol–water partition coefficient (Wildman–Crippen LogP) is 4.60. The summed E-state index contributed by atoms with van der Waals surface area (Å²) in [5.74, 6) is -0.995. The lowest BCUT2D eigenvalue weighted by Gasteiger charge is -2.07. The zero-order valence-electron chi connectivity index (χ0n) is 9.70. The monoisotopic (exact) mass is 342 g/mol. The van der Waals surface area contributed by atoms with Gasteiger partial charge < -0.3 is 4.74 Å². The van der Waals surface area contributed by atoms with Crippen molar-refractivity contribution in [1.82, 2.24) is 0 Å². The number of carbonyl (C=O) groups is 1. The molecule has 0 aliphatic heterocycles. The molecule has 0 radical (unpaired) electrons. The van der Waals surface area contributed by atoms with Crippen LogP contribution in [0.15, 0.2) is 46.9 Å². The van der Waals surface area contributed by atoms with Crippen LogP contribution in [0.25, 0.3) is 0 Å². The molecule has 0 N–H and O–H groups in total. The molecule has 0 saturated carbocycles.